The zero-order valence-corrected chi connectivity index (χ0v) is 13.3. The van der Waals surface area contributed by atoms with Crippen LogP contribution in [0.15, 0.2) is 42.5 Å². The van der Waals surface area contributed by atoms with E-state index < -0.39 is 0 Å². The summed E-state index contributed by atoms with van der Waals surface area (Å²) in [5.74, 6) is 6.48. The van der Waals surface area contributed by atoms with Crippen molar-refractivity contribution in [1.82, 2.24) is 5.43 Å². The molecule has 0 aliphatic rings. The second kappa shape index (κ2) is 6.94. The van der Waals surface area contributed by atoms with Gasteiger partial charge in [-0.2, -0.15) is 0 Å². The zero-order valence-electron chi connectivity index (χ0n) is 12.6. The molecule has 0 aliphatic carbocycles. The molecular weight excluding hydrogens is 284 g/mol. The van der Waals surface area contributed by atoms with Crippen LogP contribution in [0, 0.1) is 13.8 Å². The number of benzene rings is 2. The van der Waals surface area contributed by atoms with Crippen molar-refractivity contribution >= 4 is 11.6 Å². The Labute approximate surface area is 131 Å². The van der Waals surface area contributed by atoms with Crippen molar-refractivity contribution in [1.29, 1.82) is 0 Å². The number of aryl methyl sites for hydroxylation is 2. The lowest BCUT2D eigenvalue weighted by atomic mass is 9.96. The fraction of sp³-hybridized carbons (Fsp3) is 0.294. The van der Waals surface area contributed by atoms with Crippen molar-refractivity contribution in [3.05, 3.63) is 64.2 Å². The molecule has 0 amide bonds. The van der Waals surface area contributed by atoms with Crippen LogP contribution >= 0.6 is 11.6 Å². The van der Waals surface area contributed by atoms with Gasteiger partial charge in [0.2, 0.25) is 0 Å². The van der Waals surface area contributed by atoms with Gasteiger partial charge in [-0.1, -0.05) is 41.4 Å². The average Bonchev–Trinajstić information content (AvgIpc) is 2.42. The molecule has 0 fully saturated rings. The predicted molar refractivity (Wildman–Crippen MR) is 87.5 cm³/mol. The van der Waals surface area contributed by atoms with Crippen molar-refractivity contribution in [3.8, 4) is 5.75 Å². The van der Waals surface area contributed by atoms with E-state index in [1.165, 1.54) is 11.1 Å². The summed E-state index contributed by atoms with van der Waals surface area (Å²) >= 11 is 5.98. The van der Waals surface area contributed by atoms with Gasteiger partial charge in [0.15, 0.2) is 0 Å². The zero-order chi connectivity index (χ0) is 15.4. The van der Waals surface area contributed by atoms with Crippen LogP contribution in [-0.4, -0.2) is 6.10 Å². The fourth-order valence-electron chi connectivity index (χ4n) is 2.48. The minimum absolute atomic E-state index is 0.0930. The van der Waals surface area contributed by atoms with Crippen molar-refractivity contribution in [2.75, 3.05) is 0 Å². The molecule has 21 heavy (non-hydrogen) atoms. The number of halogens is 1. The Hall–Kier alpha value is -1.55. The van der Waals surface area contributed by atoms with Gasteiger partial charge in [-0.05, 0) is 50.1 Å². The molecule has 2 aromatic carbocycles. The maximum atomic E-state index is 5.98. The molecule has 2 unspecified atom stereocenters. The van der Waals surface area contributed by atoms with Crippen LogP contribution in [0.3, 0.4) is 0 Å². The van der Waals surface area contributed by atoms with Crippen LogP contribution in [0.1, 0.15) is 29.7 Å². The summed E-state index contributed by atoms with van der Waals surface area (Å²) in [6.07, 6.45) is -0.130. The molecule has 112 valence electrons. The van der Waals surface area contributed by atoms with E-state index in [9.17, 15) is 0 Å². The molecule has 0 aliphatic heterocycles. The van der Waals surface area contributed by atoms with Gasteiger partial charge in [-0.25, -0.2) is 5.43 Å². The first-order chi connectivity index (χ1) is 10.0. The fourth-order valence-corrected chi connectivity index (χ4v) is 2.66. The number of nitrogens with one attached hydrogen (secondary N) is 1. The van der Waals surface area contributed by atoms with E-state index in [4.69, 9.17) is 22.2 Å². The normalized spacial score (nSPS) is 13.8. The van der Waals surface area contributed by atoms with Gasteiger partial charge in [0.1, 0.15) is 11.9 Å². The predicted octanol–water partition coefficient (Wildman–Crippen LogP) is 3.93. The lowest BCUT2D eigenvalue weighted by Crippen LogP contribution is -2.38. The van der Waals surface area contributed by atoms with E-state index in [1.807, 2.05) is 25.1 Å². The Morgan fingerprint density at radius 2 is 1.90 bits per heavy atom. The topological polar surface area (TPSA) is 47.3 Å². The summed E-state index contributed by atoms with van der Waals surface area (Å²) in [7, 11) is 0. The number of nitrogens with two attached hydrogens (primary N) is 1. The maximum Gasteiger partial charge on any atom is 0.121 e. The highest BCUT2D eigenvalue weighted by Crippen LogP contribution is 2.26. The highest BCUT2D eigenvalue weighted by Gasteiger charge is 2.21. The largest absolute Gasteiger partial charge is 0.489 e. The monoisotopic (exact) mass is 304 g/mol. The maximum absolute atomic E-state index is 5.98. The number of hydrogen-bond donors (Lipinski definition) is 2. The second-order valence-electron chi connectivity index (χ2n) is 5.28. The van der Waals surface area contributed by atoms with Crippen LogP contribution in [0.5, 0.6) is 5.75 Å². The van der Waals surface area contributed by atoms with Crippen LogP contribution in [-0.2, 0) is 0 Å². The molecule has 2 atom stereocenters. The lowest BCUT2D eigenvalue weighted by molar-refractivity contribution is 0.171. The third-order valence-electron chi connectivity index (χ3n) is 3.53. The standard InChI is InChI=1S/C17H21ClN2O/c1-11-7-8-16(12(2)9-11)17(20-19)13(3)21-15-6-4-5-14(18)10-15/h4-10,13,17,20H,19H2,1-3H3. The van der Waals surface area contributed by atoms with Crippen molar-refractivity contribution in [3.63, 3.8) is 0 Å². The second-order valence-corrected chi connectivity index (χ2v) is 5.72. The molecule has 0 bridgehead atoms. The van der Waals surface area contributed by atoms with Crippen molar-refractivity contribution in [2.45, 2.75) is 32.9 Å². The molecular formula is C17H21ClN2O. The third-order valence-corrected chi connectivity index (χ3v) is 3.76. The lowest BCUT2D eigenvalue weighted by Gasteiger charge is -2.26. The van der Waals surface area contributed by atoms with E-state index in [1.54, 1.807) is 6.07 Å². The molecule has 3 nitrogen and oxygen atoms in total. The molecule has 2 aromatic rings. The summed E-state index contributed by atoms with van der Waals surface area (Å²) in [4.78, 5) is 0. The van der Waals surface area contributed by atoms with Gasteiger partial charge >= 0.3 is 0 Å². The van der Waals surface area contributed by atoms with E-state index in [0.717, 1.165) is 11.3 Å². The average molecular weight is 305 g/mol. The van der Waals surface area contributed by atoms with E-state index in [2.05, 4.69) is 37.5 Å². The molecule has 0 heterocycles. The molecule has 0 radical (unpaired) electrons. The summed E-state index contributed by atoms with van der Waals surface area (Å²) in [6.45, 7) is 6.15. The minimum atomic E-state index is -0.130. The smallest absolute Gasteiger partial charge is 0.121 e. The number of hydrazine groups is 1. The Morgan fingerprint density at radius 3 is 2.52 bits per heavy atom. The van der Waals surface area contributed by atoms with E-state index in [-0.39, 0.29) is 12.1 Å². The first-order valence-electron chi connectivity index (χ1n) is 6.96. The van der Waals surface area contributed by atoms with Gasteiger partial charge < -0.3 is 4.74 Å². The molecule has 2 rings (SSSR count). The van der Waals surface area contributed by atoms with Gasteiger partial charge in [-0.15, -0.1) is 0 Å². The Bertz CT molecular complexity index is 615. The number of rotatable bonds is 5. The quantitative estimate of drug-likeness (QED) is 0.650. The van der Waals surface area contributed by atoms with Crippen molar-refractivity contribution < 1.29 is 4.74 Å². The van der Waals surface area contributed by atoms with Gasteiger partial charge in [-0.3, -0.25) is 5.84 Å². The Balaban J connectivity index is 2.20. The highest BCUT2D eigenvalue weighted by molar-refractivity contribution is 6.30. The van der Waals surface area contributed by atoms with Crippen LogP contribution in [0.4, 0.5) is 0 Å². The van der Waals surface area contributed by atoms with Crippen LogP contribution in [0.25, 0.3) is 0 Å². The number of ether oxygens (including phenoxy) is 1. The summed E-state index contributed by atoms with van der Waals surface area (Å²) in [5.41, 5.74) is 6.42. The Morgan fingerprint density at radius 1 is 1.14 bits per heavy atom. The van der Waals surface area contributed by atoms with Crippen LogP contribution < -0.4 is 16.0 Å². The first kappa shape index (κ1) is 15.8. The van der Waals surface area contributed by atoms with Crippen LogP contribution in [0.2, 0.25) is 5.02 Å². The molecule has 4 heteroatoms. The SMILES string of the molecule is Cc1ccc(C(NN)C(C)Oc2cccc(Cl)c2)c(C)c1. The molecule has 0 spiro atoms. The molecule has 3 N–H and O–H groups in total. The highest BCUT2D eigenvalue weighted by atomic mass is 35.5. The summed E-state index contributed by atoms with van der Waals surface area (Å²) < 4.78 is 5.96. The molecule has 0 aromatic heterocycles. The number of hydrogen-bond acceptors (Lipinski definition) is 3. The summed E-state index contributed by atoms with van der Waals surface area (Å²) in [5, 5.41) is 0.656. The van der Waals surface area contributed by atoms with Gasteiger partial charge in [0.25, 0.3) is 0 Å². The van der Waals surface area contributed by atoms with E-state index in [0.29, 0.717) is 5.02 Å². The van der Waals surface area contributed by atoms with Crippen molar-refractivity contribution in [2.24, 2.45) is 5.84 Å². The third kappa shape index (κ3) is 3.97. The summed E-state index contributed by atoms with van der Waals surface area (Å²) in [6, 6.07) is 13.6. The molecule has 0 saturated carbocycles. The Kier molecular flexibility index (Phi) is 5.23. The molecule has 0 saturated heterocycles. The van der Waals surface area contributed by atoms with E-state index >= 15 is 0 Å². The van der Waals surface area contributed by atoms with Gasteiger partial charge in [0.05, 0.1) is 6.04 Å². The first-order valence-corrected chi connectivity index (χ1v) is 7.34. The van der Waals surface area contributed by atoms with Gasteiger partial charge in [0, 0.05) is 5.02 Å². The minimum Gasteiger partial charge on any atom is -0.489 e.